The Bertz CT molecular complexity index is 1040. The van der Waals surface area contributed by atoms with Gasteiger partial charge in [0.15, 0.2) is 0 Å². The molecule has 6 nitrogen and oxygen atoms in total. The highest BCUT2D eigenvalue weighted by Crippen LogP contribution is 2.18. The van der Waals surface area contributed by atoms with Gasteiger partial charge in [0, 0.05) is 28.9 Å². The first-order chi connectivity index (χ1) is 14.6. The zero-order valence-electron chi connectivity index (χ0n) is 17.3. The molecule has 30 heavy (non-hydrogen) atoms. The van der Waals surface area contributed by atoms with Crippen molar-refractivity contribution in [3.8, 4) is 0 Å². The molecule has 0 radical (unpaired) electrons. The molecule has 160 valence electrons. The number of benzene rings is 1. The minimum absolute atomic E-state index is 0.142. The van der Waals surface area contributed by atoms with Crippen LogP contribution in [-0.2, 0) is 13.0 Å². The lowest BCUT2D eigenvalue weighted by molar-refractivity contribution is 0.223. The predicted octanol–water partition coefficient (Wildman–Crippen LogP) is 0.964. The molecule has 0 saturated carbocycles. The summed E-state index contributed by atoms with van der Waals surface area (Å²) in [6.07, 6.45) is 8.48. The van der Waals surface area contributed by atoms with Gasteiger partial charge in [0.1, 0.15) is 0 Å². The Kier molecular flexibility index (Phi) is 7.85. The van der Waals surface area contributed by atoms with Crippen LogP contribution in [0.5, 0.6) is 0 Å². The number of likely N-dealkylation sites (tertiary alicyclic amines) is 1. The number of allylic oxidation sites excluding steroid dienone is 1. The number of nitrogens with two attached hydrogens (primary N) is 2. The molecular formula is C23H30ClN5O. The molecule has 1 aromatic carbocycles. The van der Waals surface area contributed by atoms with Crippen LogP contribution in [0.3, 0.4) is 0 Å². The third-order valence-electron chi connectivity index (χ3n) is 5.58. The second-order valence-corrected chi connectivity index (χ2v) is 8.04. The molecule has 1 fully saturated rings. The molecular weight excluding hydrogens is 398 g/mol. The SMILES string of the molecule is C=C/C=c1/c(=O)n(C[C@H]2CCCN2CCCN)nc(Cc2ccc(Cl)cc2)/c1=C/N. The minimum Gasteiger partial charge on any atom is -0.404 e. The Balaban J connectivity index is 2.02. The molecule has 3 rings (SSSR count). The number of hydrogen-bond acceptors (Lipinski definition) is 5. The molecule has 0 aliphatic carbocycles. The van der Waals surface area contributed by atoms with Crippen LogP contribution < -0.4 is 27.5 Å². The molecule has 0 spiro atoms. The van der Waals surface area contributed by atoms with Crippen LogP contribution in [0.2, 0.25) is 5.02 Å². The highest BCUT2D eigenvalue weighted by molar-refractivity contribution is 6.30. The summed E-state index contributed by atoms with van der Waals surface area (Å²) in [4.78, 5) is 15.6. The standard InChI is InChI=1S/C23H30ClN5O/c1-2-5-20-21(15-26)22(14-17-7-9-18(24)10-8-17)27-29(23(20)30)16-19-6-3-12-28(19)13-4-11-25/h2,5,7-10,15,19H,1,3-4,6,11-14,16,25-26H2/b20-5+,21-15+/t19-/m1/s1. The molecule has 2 aromatic rings. The van der Waals surface area contributed by atoms with Crippen LogP contribution >= 0.6 is 11.6 Å². The Morgan fingerprint density at radius 1 is 1.27 bits per heavy atom. The number of halogens is 1. The van der Waals surface area contributed by atoms with Crippen molar-refractivity contribution >= 4 is 23.9 Å². The first-order valence-electron chi connectivity index (χ1n) is 10.4. The van der Waals surface area contributed by atoms with Crippen molar-refractivity contribution in [1.82, 2.24) is 14.7 Å². The smallest absolute Gasteiger partial charge is 0.274 e. The van der Waals surface area contributed by atoms with E-state index in [2.05, 4.69) is 11.5 Å². The highest BCUT2D eigenvalue weighted by Gasteiger charge is 2.25. The van der Waals surface area contributed by atoms with Crippen molar-refractivity contribution in [3.05, 3.63) is 74.0 Å². The molecule has 7 heteroatoms. The van der Waals surface area contributed by atoms with E-state index in [1.54, 1.807) is 16.8 Å². The highest BCUT2D eigenvalue weighted by atomic mass is 35.5. The number of nitrogens with zero attached hydrogens (tertiary/aromatic N) is 3. The molecule has 1 aromatic heterocycles. The average Bonchev–Trinajstić information content (AvgIpc) is 3.18. The van der Waals surface area contributed by atoms with Gasteiger partial charge >= 0.3 is 0 Å². The maximum Gasteiger partial charge on any atom is 0.274 e. The second-order valence-electron chi connectivity index (χ2n) is 7.61. The van der Waals surface area contributed by atoms with E-state index >= 15 is 0 Å². The maximum absolute atomic E-state index is 13.2. The van der Waals surface area contributed by atoms with Crippen LogP contribution in [-0.4, -0.2) is 40.4 Å². The van der Waals surface area contributed by atoms with Gasteiger partial charge in [0.05, 0.1) is 17.5 Å². The Labute approximate surface area is 182 Å². The summed E-state index contributed by atoms with van der Waals surface area (Å²) in [6.45, 7) is 6.98. The lowest BCUT2D eigenvalue weighted by Crippen LogP contribution is -2.50. The summed E-state index contributed by atoms with van der Waals surface area (Å²) >= 11 is 6.01. The van der Waals surface area contributed by atoms with E-state index in [1.807, 2.05) is 24.3 Å². The molecule has 0 bridgehead atoms. The minimum atomic E-state index is -0.142. The van der Waals surface area contributed by atoms with Crippen LogP contribution in [0.4, 0.5) is 0 Å². The van der Waals surface area contributed by atoms with E-state index in [9.17, 15) is 4.79 Å². The van der Waals surface area contributed by atoms with E-state index in [-0.39, 0.29) is 11.6 Å². The first-order valence-corrected chi connectivity index (χ1v) is 10.8. The average molecular weight is 428 g/mol. The maximum atomic E-state index is 13.2. The number of hydrogen-bond donors (Lipinski definition) is 2. The summed E-state index contributed by atoms with van der Waals surface area (Å²) in [5.74, 6) is 0. The molecule has 4 N–H and O–H groups in total. The summed E-state index contributed by atoms with van der Waals surface area (Å²) < 4.78 is 1.60. The van der Waals surface area contributed by atoms with Gasteiger partial charge in [0.25, 0.3) is 5.56 Å². The van der Waals surface area contributed by atoms with Crippen molar-refractivity contribution in [2.75, 3.05) is 19.6 Å². The van der Waals surface area contributed by atoms with Crippen LogP contribution in [0.25, 0.3) is 12.3 Å². The third-order valence-corrected chi connectivity index (χ3v) is 5.83. The normalized spacial score (nSPS) is 18.3. The summed E-state index contributed by atoms with van der Waals surface area (Å²) in [7, 11) is 0. The predicted molar refractivity (Wildman–Crippen MR) is 124 cm³/mol. The molecule has 1 aliphatic rings. The lowest BCUT2D eigenvalue weighted by Gasteiger charge is -2.24. The largest absolute Gasteiger partial charge is 0.404 e. The van der Waals surface area contributed by atoms with E-state index < -0.39 is 0 Å². The fourth-order valence-corrected chi connectivity index (χ4v) is 4.19. The fraction of sp³-hybridized carbons (Fsp3) is 0.391. The van der Waals surface area contributed by atoms with E-state index in [0.29, 0.717) is 35.0 Å². The van der Waals surface area contributed by atoms with Crippen molar-refractivity contribution < 1.29 is 0 Å². The zero-order valence-corrected chi connectivity index (χ0v) is 18.0. The third kappa shape index (κ3) is 5.19. The van der Waals surface area contributed by atoms with Crippen molar-refractivity contribution in [1.29, 1.82) is 0 Å². The van der Waals surface area contributed by atoms with Gasteiger partial charge in [-0.25, -0.2) is 4.68 Å². The molecule has 1 saturated heterocycles. The second kappa shape index (κ2) is 10.6. The number of rotatable bonds is 8. The zero-order chi connectivity index (χ0) is 21.5. The lowest BCUT2D eigenvalue weighted by atomic mass is 10.1. The Hall–Kier alpha value is -2.41. The number of aromatic nitrogens is 2. The summed E-state index contributed by atoms with van der Waals surface area (Å²) in [6, 6.07) is 7.91. The van der Waals surface area contributed by atoms with Crippen molar-refractivity contribution in [2.45, 2.75) is 38.3 Å². The molecule has 2 heterocycles. The topological polar surface area (TPSA) is 90.2 Å². The van der Waals surface area contributed by atoms with Crippen LogP contribution in [0.1, 0.15) is 30.5 Å². The van der Waals surface area contributed by atoms with Gasteiger partial charge in [-0.15, -0.1) is 0 Å². The van der Waals surface area contributed by atoms with E-state index in [0.717, 1.165) is 43.6 Å². The van der Waals surface area contributed by atoms with E-state index in [4.69, 9.17) is 28.2 Å². The van der Waals surface area contributed by atoms with Gasteiger partial charge in [-0.2, -0.15) is 5.10 Å². The van der Waals surface area contributed by atoms with Gasteiger partial charge in [0.2, 0.25) is 0 Å². The molecule has 1 aliphatic heterocycles. The van der Waals surface area contributed by atoms with Gasteiger partial charge < -0.3 is 11.5 Å². The van der Waals surface area contributed by atoms with Gasteiger partial charge in [-0.05, 0) is 62.7 Å². The van der Waals surface area contributed by atoms with Crippen molar-refractivity contribution in [3.63, 3.8) is 0 Å². The van der Waals surface area contributed by atoms with Crippen LogP contribution in [0.15, 0.2) is 41.7 Å². The molecule has 0 unspecified atom stereocenters. The Morgan fingerprint density at radius 2 is 2.03 bits per heavy atom. The molecule has 0 amide bonds. The van der Waals surface area contributed by atoms with Crippen molar-refractivity contribution in [2.24, 2.45) is 11.5 Å². The van der Waals surface area contributed by atoms with Crippen LogP contribution in [0, 0.1) is 0 Å². The fourth-order valence-electron chi connectivity index (χ4n) is 4.06. The van der Waals surface area contributed by atoms with E-state index in [1.165, 1.54) is 6.20 Å². The molecule has 1 atom stereocenters. The van der Waals surface area contributed by atoms with Gasteiger partial charge in [-0.1, -0.05) is 36.4 Å². The summed E-state index contributed by atoms with van der Waals surface area (Å²) in [5.41, 5.74) is 13.3. The monoisotopic (exact) mass is 427 g/mol. The summed E-state index contributed by atoms with van der Waals surface area (Å²) in [5, 5.41) is 6.59. The van der Waals surface area contributed by atoms with Gasteiger partial charge in [-0.3, -0.25) is 9.69 Å². The Morgan fingerprint density at radius 3 is 2.70 bits per heavy atom. The quantitative estimate of drug-likeness (QED) is 0.655. The first kappa shape index (κ1) is 22.3.